The molecule has 3 fully saturated rings. The van der Waals surface area contributed by atoms with Gasteiger partial charge < -0.3 is 19.7 Å². The van der Waals surface area contributed by atoms with Crippen LogP contribution in [0.2, 0.25) is 0 Å². The fraction of sp³-hybridized carbons (Fsp3) is 0.600. The molecule has 1 aromatic heterocycles. The van der Waals surface area contributed by atoms with Gasteiger partial charge in [-0.25, -0.2) is 8.78 Å². The van der Waals surface area contributed by atoms with Crippen LogP contribution in [0, 0.1) is 29.4 Å². The number of anilines is 1. The highest BCUT2D eigenvalue weighted by Crippen LogP contribution is 2.42. The van der Waals surface area contributed by atoms with Crippen molar-refractivity contribution in [2.45, 2.75) is 37.9 Å². The lowest BCUT2D eigenvalue weighted by Gasteiger charge is -2.28. The van der Waals surface area contributed by atoms with Crippen LogP contribution < -0.4 is 10.1 Å². The van der Waals surface area contributed by atoms with Gasteiger partial charge in [-0.3, -0.25) is 0 Å². The standard InChI is InChI=1S/C25H29F5N4O2/c1-35-23-20(26)8-15(9-21(23)27)22-10-19(25(28,29)30)24(33-32-22)31-18-6-16-12-34(13-17(16)7-18)11-14-2-4-36-5-3-14/h8-10,14,16-18H,2-7,11-13H2,1H3,(H,31,33)/t16-,17+,18+. The van der Waals surface area contributed by atoms with Gasteiger partial charge in [0.1, 0.15) is 5.56 Å². The van der Waals surface area contributed by atoms with Crippen LogP contribution in [0.1, 0.15) is 31.2 Å². The number of ether oxygens (including phenoxy) is 2. The summed E-state index contributed by atoms with van der Waals surface area (Å²) < 4.78 is 80.0. The van der Waals surface area contributed by atoms with Crippen LogP contribution in [0.4, 0.5) is 27.8 Å². The van der Waals surface area contributed by atoms with Crippen molar-refractivity contribution in [3.05, 3.63) is 35.4 Å². The van der Waals surface area contributed by atoms with E-state index in [-0.39, 0.29) is 23.1 Å². The highest BCUT2D eigenvalue weighted by molar-refractivity contribution is 5.63. The van der Waals surface area contributed by atoms with Crippen molar-refractivity contribution in [2.75, 3.05) is 45.3 Å². The van der Waals surface area contributed by atoms with E-state index < -0.39 is 29.1 Å². The molecule has 11 heteroatoms. The molecule has 0 spiro atoms. The third-order valence-electron chi connectivity index (χ3n) is 7.62. The first-order valence-electron chi connectivity index (χ1n) is 12.3. The summed E-state index contributed by atoms with van der Waals surface area (Å²) in [6.07, 6.45) is -1.01. The summed E-state index contributed by atoms with van der Waals surface area (Å²) in [7, 11) is 1.10. The highest BCUT2D eigenvalue weighted by atomic mass is 19.4. The average molecular weight is 513 g/mol. The Hall–Kier alpha value is -2.53. The average Bonchev–Trinajstić information content (AvgIpc) is 3.37. The van der Waals surface area contributed by atoms with Gasteiger partial charge in [0.25, 0.3) is 0 Å². The lowest BCUT2D eigenvalue weighted by molar-refractivity contribution is -0.137. The van der Waals surface area contributed by atoms with Crippen LogP contribution in [-0.4, -0.2) is 61.1 Å². The van der Waals surface area contributed by atoms with Gasteiger partial charge in [0.2, 0.25) is 0 Å². The number of nitrogens with one attached hydrogen (secondary N) is 1. The maximum absolute atomic E-state index is 14.1. The molecule has 3 heterocycles. The number of methoxy groups -OCH3 is 1. The van der Waals surface area contributed by atoms with Gasteiger partial charge in [0, 0.05) is 44.5 Å². The van der Waals surface area contributed by atoms with E-state index in [0.717, 1.165) is 83.8 Å². The summed E-state index contributed by atoms with van der Waals surface area (Å²) in [4.78, 5) is 2.49. The van der Waals surface area contributed by atoms with Gasteiger partial charge in [0.15, 0.2) is 23.2 Å². The second-order valence-corrected chi connectivity index (χ2v) is 10.1. The number of fused-ring (bicyclic) bond motifs is 1. The Labute approximate surface area is 206 Å². The third kappa shape index (κ3) is 5.27. The van der Waals surface area contributed by atoms with Crippen molar-refractivity contribution < 1.29 is 31.4 Å². The number of benzene rings is 1. The summed E-state index contributed by atoms with van der Waals surface area (Å²) in [6.45, 7) is 4.63. The summed E-state index contributed by atoms with van der Waals surface area (Å²) in [5.41, 5.74) is -1.45. The Morgan fingerprint density at radius 1 is 1.03 bits per heavy atom. The fourth-order valence-corrected chi connectivity index (χ4v) is 5.91. The lowest BCUT2D eigenvalue weighted by atomic mass is 10.00. The molecule has 1 aromatic carbocycles. The molecule has 6 nitrogen and oxygen atoms in total. The number of rotatable bonds is 6. The molecular weight excluding hydrogens is 483 g/mol. The Morgan fingerprint density at radius 3 is 2.25 bits per heavy atom. The predicted octanol–water partition coefficient (Wildman–Crippen LogP) is 5.00. The van der Waals surface area contributed by atoms with Gasteiger partial charge in [0.05, 0.1) is 12.8 Å². The van der Waals surface area contributed by atoms with E-state index in [2.05, 4.69) is 25.2 Å². The molecule has 0 amide bonds. The Morgan fingerprint density at radius 2 is 1.67 bits per heavy atom. The fourth-order valence-electron chi connectivity index (χ4n) is 5.91. The summed E-state index contributed by atoms with van der Waals surface area (Å²) in [6, 6.07) is 2.40. The summed E-state index contributed by atoms with van der Waals surface area (Å²) in [5.74, 6) is -1.50. The third-order valence-corrected chi connectivity index (χ3v) is 7.62. The van der Waals surface area contributed by atoms with Gasteiger partial charge in [-0.2, -0.15) is 13.2 Å². The summed E-state index contributed by atoms with van der Waals surface area (Å²) in [5, 5.41) is 10.6. The molecule has 36 heavy (non-hydrogen) atoms. The zero-order chi connectivity index (χ0) is 25.4. The molecule has 2 saturated heterocycles. The van der Waals surface area contributed by atoms with Crippen LogP contribution in [-0.2, 0) is 10.9 Å². The monoisotopic (exact) mass is 512 g/mol. The minimum absolute atomic E-state index is 0.137. The van der Waals surface area contributed by atoms with Crippen LogP contribution in [0.5, 0.6) is 5.75 Å². The maximum atomic E-state index is 14.1. The van der Waals surface area contributed by atoms with Crippen LogP contribution in [0.3, 0.4) is 0 Å². The maximum Gasteiger partial charge on any atom is 0.420 e. The van der Waals surface area contributed by atoms with Crippen LogP contribution in [0.15, 0.2) is 18.2 Å². The molecule has 3 aliphatic rings. The van der Waals surface area contributed by atoms with E-state index in [1.807, 2.05) is 0 Å². The van der Waals surface area contributed by atoms with E-state index in [9.17, 15) is 22.0 Å². The minimum atomic E-state index is -4.72. The number of alkyl halides is 3. The molecule has 0 radical (unpaired) electrons. The quantitative estimate of drug-likeness (QED) is 0.550. The normalized spacial score (nSPS) is 25.2. The molecule has 1 aliphatic carbocycles. The predicted molar refractivity (Wildman–Crippen MR) is 123 cm³/mol. The Balaban J connectivity index is 1.27. The minimum Gasteiger partial charge on any atom is -0.491 e. The molecule has 5 rings (SSSR count). The van der Waals surface area contributed by atoms with Gasteiger partial charge in [-0.15, -0.1) is 10.2 Å². The van der Waals surface area contributed by atoms with Gasteiger partial charge in [-0.1, -0.05) is 0 Å². The molecule has 2 aromatic rings. The topological polar surface area (TPSA) is 59.5 Å². The molecule has 2 aliphatic heterocycles. The highest BCUT2D eigenvalue weighted by Gasteiger charge is 2.43. The zero-order valence-electron chi connectivity index (χ0n) is 20.0. The van der Waals surface area contributed by atoms with Crippen molar-refractivity contribution >= 4 is 5.82 Å². The van der Waals surface area contributed by atoms with E-state index in [1.54, 1.807) is 0 Å². The van der Waals surface area contributed by atoms with Crippen molar-refractivity contribution in [2.24, 2.45) is 17.8 Å². The number of nitrogens with zero attached hydrogens (tertiary/aromatic N) is 3. The van der Waals surface area contributed by atoms with E-state index in [0.29, 0.717) is 17.8 Å². The number of aromatic nitrogens is 2. The van der Waals surface area contributed by atoms with Crippen molar-refractivity contribution in [3.8, 4) is 17.0 Å². The van der Waals surface area contributed by atoms with Crippen molar-refractivity contribution in [1.29, 1.82) is 0 Å². The molecular formula is C25H29F5N4O2. The Bertz CT molecular complexity index is 1060. The smallest absolute Gasteiger partial charge is 0.420 e. The van der Waals surface area contributed by atoms with E-state index >= 15 is 0 Å². The first-order valence-corrected chi connectivity index (χ1v) is 12.3. The first-order chi connectivity index (χ1) is 17.2. The summed E-state index contributed by atoms with van der Waals surface area (Å²) >= 11 is 0. The number of halogens is 5. The molecule has 0 unspecified atom stereocenters. The van der Waals surface area contributed by atoms with E-state index in [1.165, 1.54) is 0 Å². The number of likely N-dealkylation sites (tertiary alicyclic amines) is 1. The molecule has 196 valence electrons. The number of hydrogen-bond acceptors (Lipinski definition) is 6. The largest absolute Gasteiger partial charge is 0.491 e. The van der Waals surface area contributed by atoms with Gasteiger partial charge >= 0.3 is 6.18 Å². The molecule has 3 atom stereocenters. The molecule has 1 N–H and O–H groups in total. The first kappa shape index (κ1) is 25.1. The van der Waals surface area contributed by atoms with Crippen molar-refractivity contribution in [1.82, 2.24) is 15.1 Å². The molecule has 0 bridgehead atoms. The second kappa shape index (κ2) is 10.1. The molecule has 1 saturated carbocycles. The van der Waals surface area contributed by atoms with Crippen LogP contribution >= 0.6 is 0 Å². The van der Waals surface area contributed by atoms with E-state index in [4.69, 9.17) is 4.74 Å². The van der Waals surface area contributed by atoms with Crippen molar-refractivity contribution in [3.63, 3.8) is 0 Å². The lowest BCUT2D eigenvalue weighted by Crippen LogP contribution is -2.32. The van der Waals surface area contributed by atoms with Gasteiger partial charge in [-0.05, 0) is 61.6 Å². The zero-order valence-corrected chi connectivity index (χ0v) is 20.0. The second-order valence-electron chi connectivity index (χ2n) is 10.1. The Kier molecular flexibility index (Phi) is 7.04. The van der Waals surface area contributed by atoms with Crippen LogP contribution in [0.25, 0.3) is 11.3 Å². The SMILES string of the molecule is COc1c(F)cc(-c2cc(C(F)(F)F)c(N[C@H]3C[C@@H]4CN(CC5CCOCC5)C[C@@H]4C3)nn2)cc1F. The number of hydrogen-bond donors (Lipinski definition) is 1.